The molecule has 5 atom stereocenters. The molecule has 3 fully saturated rings. The molecule has 8 nitrogen and oxygen atoms in total. The molecule has 1 aromatic heterocycles. The highest BCUT2D eigenvalue weighted by Gasteiger charge is 2.52. The molecule has 2 bridgehead atoms. The van der Waals surface area contributed by atoms with Crippen LogP contribution in [0.15, 0.2) is 24.4 Å². The Balaban J connectivity index is 1.35. The largest absolute Gasteiger partial charge is 0.389 e. The van der Waals surface area contributed by atoms with E-state index in [9.17, 15) is 9.90 Å². The zero-order chi connectivity index (χ0) is 20.2. The van der Waals surface area contributed by atoms with Crippen LogP contribution in [0.4, 0.5) is 4.79 Å². The van der Waals surface area contributed by atoms with Crippen molar-refractivity contribution in [3.8, 4) is 0 Å². The molecule has 2 saturated heterocycles. The van der Waals surface area contributed by atoms with Gasteiger partial charge in [-0.25, -0.2) is 4.79 Å². The first-order valence-corrected chi connectivity index (χ1v) is 10.7. The van der Waals surface area contributed by atoms with E-state index >= 15 is 0 Å². The predicted octanol–water partition coefficient (Wildman–Crippen LogP) is 1.04. The number of nitrogens with one attached hydrogen (secondary N) is 2. The zero-order valence-electron chi connectivity index (χ0n) is 17.0. The third-order valence-corrected chi connectivity index (χ3v) is 6.32. The van der Waals surface area contributed by atoms with Gasteiger partial charge < -0.3 is 25.2 Å². The van der Waals surface area contributed by atoms with Crippen LogP contribution >= 0.6 is 0 Å². The van der Waals surface area contributed by atoms with E-state index in [0.29, 0.717) is 13.2 Å². The maximum absolute atomic E-state index is 12.5. The molecular weight excluding hydrogens is 372 g/mol. The van der Waals surface area contributed by atoms with E-state index in [1.807, 2.05) is 30.1 Å². The lowest BCUT2D eigenvalue weighted by Crippen LogP contribution is -2.66. The van der Waals surface area contributed by atoms with Crippen LogP contribution < -0.4 is 10.6 Å². The average Bonchev–Trinajstić information content (AvgIpc) is 3.16. The standard InChI is InChI=1S/C21H32N4O4/c1-25(12-10-14-7-5-6-11-22-14)18-19(26)17(16-13-28-20(18)29-16)24-21(27)23-15-8-3-2-4-9-15/h5-7,11,15-20,26H,2-4,8-10,12-13H2,1H3,(H2,23,24,27)/t16-,17-,18-,19+,20-/m1/s1. The monoisotopic (exact) mass is 404 g/mol. The van der Waals surface area contributed by atoms with E-state index in [2.05, 4.69) is 15.6 Å². The number of nitrogens with zero attached hydrogens (tertiary/aromatic N) is 2. The summed E-state index contributed by atoms with van der Waals surface area (Å²) in [4.78, 5) is 18.9. The maximum Gasteiger partial charge on any atom is 0.315 e. The number of hydrogen-bond acceptors (Lipinski definition) is 6. The van der Waals surface area contributed by atoms with E-state index in [1.165, 1.54) is 6.42 Å². The van der Waals surface area contributed by atoms with Crippen molar-refractivity contribution >= 4 is 6.03 Å². The molecule has 1 aromatic rings. The van der Waals surface area contributed by atoms with Gasteiger partial charge in [0.1, 0.15) is 6.10 Å². The smallest absolute Gasteiger partial charge is 0.315 e. The molecular formula is C21H32N4O4. The second-order valence-electron chi connectivity index (χ2n) is 8.39. The number of carbonyl (C=O) groups excluding carboxylic acids is 1. The topological polar surface area (TPSA) is 96.0 Å². The predicted molar refractivity (Wildman–Crippen MR) is 107 cm³/mol. The number of aliphatic hydroxyl groups excluding tert-OH is 1. The SMILES string of the molecule is CN(CCc1ccccn1)[C@H]1[C@@H]2OC[C@@H](O2)[C@@H](NC(=O)NC2CCCCC2)[C@@H]1O. The molecule has 0 radical (unpaired) electrons. The van der Waals surface area contributed by atoms with Gasteiger partial charge in [0.05, 0.1) is 24.8 Å². The summed E-state index contributed by atoms with van der Waals surface area (Å²) >= 11 is 0. The van der Waals surface area contributed by atoms with Gasteiger partial charge in [0.15, 0.2) is 6.29 Å². The number of aliphatic hydroxyl groups is 1. The molecule has 0 spiro atoms. The van der Waals surface area contributed by atoms with Crippen molar-refractivity contribution < 1.29 is 19.4 Å². The summed E-state index contributed by atoms with van der Waals surface area (Å²) in [6.45, 7) is 1.08. The van der Waals surface area contributed by atoms with Gasteiger partial charge in [-0.1, -0.05) is 25.3 Å². The van der Waals surface area contributed by atoms with Gasteiger partial charge in [-0.2, -0.15) is 0 Å². The van der Waals surface area contributed by atoms with Crippen LogP contribution in [0.1, 0.15) is 37.8 Å². The summed E-state index contributed by atoms with van der Waals surface area (Å²) in [6, 6.07) is 4.99. The average molecular weight is 405 g/mol. The number of fused-ring (bicyclic) bond motifs is 2. The highest BCUT2D eigenvalue weighted by atomic mass is 16.7. The Kier molecular flexibility index (Phi) is 6.64. The van der Waals surface area contributed by atoms with Crippen molar-refractivity contribution in [2.24, 2.45) is 0 Å². The van der Waals surface area contributed by atoms with Crippen LogP contribution in [-0.2, 0) is 15.9 Å². The fourth-order valence-corrected chi connectivity index (χ4v) is 4.66. The Morgan fingerprint density at radius 2 is 2.10 bits per heavy atom. The van der Waals surface area contributed by atoms with Crippen molar-refractivity contribution in [1.82, 2.24) is 20.5 Å². The number of likely N-dealkylation sites (N-methyl/N-ethyl adjacent to an activating group) is 1. The number of carbonyl (C=O) groups is 1. The van der Waals surface area contributed by atoms with Gasteiger partial charge in [0.25, 0.3) is 0 Å². The summed E-state index contributed by atoms with van der Waals surface area (Å²) in [5.74, 6) is 0. The first kappa shape index (κ1) is 20.5. The minimum Gasteiger partial charge on any atom is -0.389 e. The third-order valence-electron chi connectivity index (χ3n) is 6.32. The summed E-state index contributed by atoms with van der Waals surface area (Å²) in [7, 11) is 1.95. The van der Waals surface area contributed by atoms with Crippen molar-refractivity contribution in [2.45, 2.75) is 75.1 Å². The van der Waals surface area contributed by atoms with Gasteiger partial charge in [0.2, 0.25) is 0 Å². The summed E-state index contributed by atoms with van der Waals surface area (Å²) < 4.78 is 11.8. The van der Waals surface area contributed by atoms with Crippen LogP contribution in [0.25, 0.3) is 0 Å². The van der Waals surface area contributed by atoms with Crippen molar-refractivity contribution in [1.29, 1.82) is 0 Å². The number of rotatable bonds is 6. The highest BCUT2D eigenvalue weighted by Crippen LogP contribution is 2.31. The zero-order valence-corrected chi connectivity index (χ0v) is 17.0. The normalized spacial score (nSPS) is 32.3. The van der Waals surface area contributed by atoms with E-state index in [1.54, 1.807) is 6.20 Å². The molecule has 2 amide bonds. The molecule has 29 heavy (non-hydrogen) atoms. The first-order chi connectivity index (χ1) is 14.1. The summed E-state index contributed by atoms with van der Waals surface area (Å²) in [6.07, 6.45) is 6.55. The molecule has 1 aliphatic carbocycles. The Morgan fingerprint density at radius 3 is 2.86 bits per heavy atom. The van der Waals surface area contributed by atoms with Crippen LogP contribution in [-0.4, -0.2) is 77.8 Å². The Hall–Kier alpha value is -1.74. The lowest BCUT2D eigenvalue weighted by molar-refractivity contribution is -0.177. The Morgan fingerprint density at radius 1 is 1.28 bits per heavy atom. The number of hydrogen-bond donors (Lipinski definition) is 3. The second kappa shape index (κ2) is 9.38. The molecule has 160 valence electrons. The fraction of sp³-hybridized carbons (Fsp3) is 0.714. The Labute approximate surface area is 172 Å². The molecule has 1 saturated carbocycles. The minimum atomic E-state index is -0.771. The molecule has 3 aliphatic rings. The van der Waals surface area contributed by atoms with Crippen LogP contribution in [0.3, 0.4) is 0 Å². The molecule has 0 aromatic carbocycles. The van der Waals surface area contributed by atoms with Gasteiger partial charge in [-0.3, -0.25) is 9.88 Å². The first-order valence-electron chi connectivity index (χ1n) is 10.7. The lowest BCUT2D eigenvalue weighted by atomic mass is 9.94. The van der Waals surface area contributed by atoms with Gasteiger partial charge in [0, 0.05) is 30.9 Å². The van der Waals surface area contributed by atoms with Gasteiger partial charge in [-0.15, -0.1) is 0 Å². The maximum atomic E-state index is 12.5. The number of aromatic nitrogens is 1. The Bertz CT molecular complexity index is 670. The molecule has 8 heteroatoms. The van der Waals surface area contributed by atoms with E-state index in [0.717, 1.165) is 37.8 Å². The molecule has 3 heterocycles. The third kappa shape index (κ3) is 4.88. The highest BCUT2D eigenvalue weighted by molar-refractivity contribution is 5.74. The summed E-state index contributed by atoms with van der Waals surface area (Å²) in [5.41, 5.74) is 0.998. The lowest BCUT2D eigenvalue weighted by Gasteiger charge is -2.42. The van der Waals surface area contributed by atoms with E-state index in [4.69, 9.17) is 9.47 Å². The minimum absolute atomic E-state index is 0.217. The van der Waals surface area contributed by atoms with Crippen molar-refractivity contribution in [3.05, 3.63) is 30.1 Å². The fourth-order valence-electron chi connectivity index (χ4n) is 4.66. The number of urea groups is 1. The number of pyridine rings is 1. The molecule has 4 rings (SSSR count). The van der Waals surface area contributed by atoms with Crippen LogP contribution in [0.2, 0.25) is 0 Å². The van der Waals surface area contributed by atoms with Crippen LogP contribution in [0, 0.1) is 0 Å². The molecule has 2 aliphatic heterocycles. The summed E-state index contributed by atoms with van der Waals surface area (Å²) in [5, 5.41) is 17.1. The number of ether oxygens (including phenoxy) is 2. The van der Waals surface area contributed by atoms with E-state index in [-0.39, 0.29) is 24.2 Å². The van der Waals surface area contributed by atoms with Crippen molar-refractivity contribution in [2.75, 3.05) is 20.2 Å². The van der Waals surface area contributed by atoms with Gasteiger partial charge in [-0.05, 0) is 32.0 Å². The quantitative estimate of drug-likeness (QED) is 0.656. The number of amides is 2. The van der Waals surface area contributed by atoms with E-state index < -0.39 is 18.4 Å². The van der Waals surface area contributed by atoms with Crippen molar-refractivity contribution in [3.63, 3.8) is 0 Å². The second-order valence-corrected chi connectivity index (χ2v) is 8.39. The molecule has 3 N–H and O–H groups in total. The molecule has 0 unspecified atom stereocenters. The van der Waals surface area contributed by atoms with Crippen LogP contribution in [0.5, 0.6) is 0 Å². The van der Waals surface area contributed by atoms with Gasteiger partial charge >= 0.3 is 6.03 Å².